The summed E-state index contributed by atoms with van der Waals surface area (Å²) in [7, 11) is 0. The summed E-state index contributed by atoms with van der Waals surface area (Å²) in [4.78, 5) is 0. The van der Waals surface area contributed by atoms with Crippen molar-refractivity contribution in [2.75, 3.05) is 6.54 Å². The van der Waals surface area contributed by atoms with Crippen molar-refractivity contribution in [3.63, 3.8) is 0 Å². The van der Waals surface area contributed by atoms with Crippen LogP contribution in [0.5, 0.6) is 5.75 Å². The fraction of sp³-hybridized carbons (Fsp3) is 0.529. The molecule has 20 heavy (non-hydrogen) atoms. The summed E-state index contributed by atoms with van der Waals surface area (Å²) in [5.74, 6) is 1.29. The monoisotopic (exact) mass is 291 g/mol. The first-order chi connectivity index (χ1) is 9.46. The highest BCUT2D eigenvalue weighted by molar-refractivity contribution is 6.32. The van der Waals surface area contributed by atoms with Crippen LogP contribution in [0, 0.1) is 17.3 Å². The quantitative estimate of drug-likeness (QED) is 0.857. The molecule has 3 unspecified atom stereocenters. The molecule has 1 aromatic carbocycles. The van der Waals surface area contributed by atoms with Gasteiger partial charge >= 0.3 is 0 Å². The highest BCUT2D eigenvalue weighted by Gasteiger charge is 2.46. The second-order valence-electron chi connectivity index (χ2n) is 6.61. The summed E-state index contributed by atoms with van der Waals surface area (Å²) in [6.07, 6.45) is 3.72. The molecule has 1 saturated carbocycles. The Morgan fingerprint density at radius 1 is 1.45 bits per heavy atom. The van der Waals surface area contributed by atoms with Crippen molar-refractivity contribution in [2.24, 2.45) is 23.0 Å². The number of nitrogens with two attached hydrogens (primary N) is 1. The lowest BCUT2D eigenvalue weighted by Crippen LogP contribution is -2.31. The van der Waals surface area contributed by atoms with Crippen molar-refractivity contribution in [2.45, 2.75) is 33.1 Å². The minimum atomic E-state index is 0.267. The van der Waals surface area contributed by atoms with Gasteiger partial charge in [-0.05, 0) is 73.8 Å². The van der Waals surface area contributed by atoms with E-state index in [4.69, 9.17) is 17.3 Å². The van der Waals surface area contributed by atoms with E-state index in [1.165, 1.54) is 30.4 Å². The standard InChI is InChI=1S/C17H22ClNO/c1-10-16(13-7-12(20)3-4-15(13)18)14(9-19)11-5-6-17(10,2)8-11/h3-4,7,11,14,20H,5-6,8-9,19H2,1-2H3. The first-order valence-corrected chi connectivity index (χ1v) is 7.74. The van der Waals surface area contributed by atoms with Gasteiger partial charge < -0.3 is 10.8 Å². The van der Waals surface area contributed by atoms with E-state index in [0.29, 0.717) is 23.4 Å². The molecule has 3 N–H and O–H groups in total. The molecule has 3 atom stereocenters. The number of aromatic hydroxyl groups is 1. The second-order valence-corrected chi connectivity index (χ2v) is 7.02. The van der Waals surface area contributed by atoms with Crippen LogP contribution in [0.2, 0.25) is 5.02 Å². The number of allylic oxidation sites excluding steroid dienone is 1. The minimum absolute atomic E-state index is 0.267. The Bertz CT molecular complexity index is 580. The number of phenolic OH excluding ortho intramolecular Hbond substituents is 1. The molecule has 3 heteroatoms. The maximum atomic E-state index is 9.81. The van der Waals surface area contributed by atoms with Crippen LogP contribution in [0.1, 0.15) is 38.7 Å². The first-order valence-electron chi connectivity index (χ1n) is 7.36. The van der Waals surface area contributed by atoms with Gasteiger partial charge in [0.05, 0.1) is 0 Å². The zero-order valence-corrected chi connectivity index (χ0v) is 12.9. The fourth-order valence-corrected chi connectivity index (χ4v) is 4.46. The predicted molar refractivity (Wildman–Crippen MR) is 83.7 cm³/mol. The van der Waals surface area contributed by atoms with E-state index in [1.54, 1.807) is 18.2 Å². The SMILES string of the molecule is CC1=C(c2cc(O)ccc2Cl)C(CN)C2CCC1(C)C2. The van der Waals surface area contributed by atoms with E-state index in [1.807, 2.05) is 0 Å². The zero-order chi connectivity index (χ0) is 14.5. The lowest BCUT2D eigenvalue weighted by molar-refractivity contribution is 0.327. The van der Waals surface area contributed by atoms with Crippen molar-refractivity contribution in [3.05, 3.63) is 34.4 Å². The Labute approximate surface area is 125 Å². The molecule has 0 saturated heterocycles. The van der Waals surface area contributed by atoms with Gasteiger partial charge in [-0.2, -0.15) is 0 Å². The normalized spacial score (nSPS) is 32.8. The molecular weight excluding hydrogens is 270 g/mol. The van der Waals surface area contributed by atoms with Gasteiger partial charge in [0, 0.05) is 10.6 Å². The smallest absolute Gasteiger partial charge is 0.116 e. The number of rotatable bonds is 2. The van der Waals surface area contributed by atoms with Gasteiger partial charge in [-0.1, -0.05) is 24.1 Å². The van der Waals surface area contributed by atoms with Crippen LogP contribution in [0.25, 0.3) is 5.57 Å². The molecule has 1 fully saturated rings. The number of halogens is 1. The lowest BCUT2D eigenvalue weighted by atomic mass is 9.67. The Hall–Kier alpha value is -0.990. The highest BCUT2D eigenvalue weighted by atomic mass is 35.5. The van der Waals surface area contributed by atoms with Gasteiger partial charge in [0.25, 0.3) is 0 Å². The Kier molecular flexibility index (Phi) is 3.34. The van der Waals surface area contributed by atoms with E-state index < -0.39 is 0 Å². The molecule has 1 aromatic rings. The highest BCUT2D eigenvalue weighted by Crippen LogP contribution is 2.58. The third-order valence-corrected chi connectivity index (χ3v) is 5.85. The summed E-state index contributed by atoms with van der Waals surface area (Å²) >= 11 is 6.39. The third kappa shape index (κ3) is 1.97. The molecule has 2 nitrogen and oxygen atoms in total. The average molecular weight is 292 g/mol. The molecule has 0 spiro atoms. The molecular formula is C17H22ClNO. The Morgan fingerprint density at radius 2 is 2.20 bits per heavy atom. The molecule has 108 valence electrons. The fourth-order valence-electron chi connectivity index (χ4n) is 4.24. The zero-order valence-electron chi connectivity index (χ0n) is 12.1. The molecule has 2 bridgehead atoms. The van der Waals surface area contributed by atoms with Gasteiger partial charge in [-0.3, -0.25) is 0 Å². The summed E-state index contributed by atoms with van der Waals surface area (Å²) in [6.45, 7) is 5.23. The van der Waals surface area contributed by atoms with Gasteiger partial charge in [0.15, 0.2) is 0 Å². The molecule has 0 aliphatic heterocycles. The number of benzene rings is 1. The average Bonchev–Trinajstić information content (AvgIpc) is 2.77. The summed E-state index contributed by atoms with van der Waals surface area (Å²) < 4.78 is 0. The lowest BCUT2D eigenvalue weighted by Gasteiger charge is -2.38. The maximum absolute atomic E-state index is 9.81. The van der Waals surface area contributed by atoms with Crippen molar-refractivity contribution in [1.82, 2.24) is 0 Å². The number of hydrogen-bond acceptors (Lipinski definition) is 2. The molecule has 0 amide bonds. The van der Waals surface area contributed by atoms with E-state index >= 15 is 0 Å². The van der Waals surface area contributed by atoms with Crippen LogP contribution in [0.15, 0.2) is 23.8 Å². The van der Waals surface area contributed by atoms with Gasteiger partial charge in [-0.25, -0.2) is 0 Å². The van der Waals surface area contributed by atoms with E-state index in [2.05, 4.69) is 13.8 Å². The van der Waals surface area contributed by atoms with Crippen molar-refractivity contribution < 1.29 is 5.11 Å². The number of fused-ring (bicyclic) bond motifs is 2. The minimum Gasteiger partial charge on any atom is -0.508 e. The summed E-state index contributed by atoms with van der Waals surface area (Å²) in [5, 5.41) is 10.5. The molecule has 2 aliphatic carbocycles. The number of hydrogen-bond donors (Lipinski definition) is 2. The maximum Gasteiger partial charge on any atom is 0.116 e. The van der Waals surface area contributed by atoms with Crippen molar-refractivity contribution >= 4 is 17.2 Å². The van der Waals surface area contributed by atoms with Crippen molar-refractivity contribution in [3.8, 4) is 5.75 Å². The molecule has 0 aromatic heterocycles. The van der Waals surface area contributed by atoms with Crippen LogP contribution in [-0.2, 0) is 0 Å². The van der Waals surface area contributed by atoms with Gasteiger partial charge in [0.2, 0.25) is 0 Å². The van der Waals surface area contributed by atoms with Crippen LogP contribution in [-0.4, -0.2) is 11.7 Å². The summed E-state index contributed by atoms with van der Waals surface area (Å²) in [6, 6.07) is 5.20. The molecule has 3 rings (SSSR count). The topological polar surface area (TPSA) is 46.2 Å². The van der Waals surface area contributed by atoms with Crippen LogP contribution in [0.4, 0.5) is 0 Å². The first kappa shape index (κ1) is 14.0. The van der Waals surface area contributed by atoms with Crippen LogP contribution in [0.3, 0.4) is 0 Å². The second kappa shape index (κ2) is 4.78. The van der Waals surface area contributed by atoms with Gasteiger partial charge in [-0.15, -0.1) is 0 Å². The van der Waals surface area contributed by atoms with Gasteiger partial charge in [0.1, 0.15) is 5.75 Å². The number of phenols is 1. The van der Waals surface area contributed by atoms with Crippen LogP contribution >= 0.6 is 11.6 Å². The van der Waals surface area contributed by atoms with E-state index in [9.17, 15) is 5.11 Å². The van der Waals surface area contributed by atoms with E-state index in [0.717, 1.165) is 5.56 Å². The Morgan fingerprint density at radius 3 is 2.90 bits per heavy atom. The molecule has 2 aliphatic rings. The van der Waals surface area contributed by atoms with Crippen LogP contribution < -0.4 is 5.73 Å². The molecule has 0 radical (unpaired) electrons. The molecule has 0 heterocycles. The Balaban J connectivity index is 2.20. The third-order valence-electron chi connectivity index (χ3n) is 5.52. The predicted octanol–water partition coefficient (Wildman–Crippen LogP) is 4.21. The van der Waals surface area contributed by atoms with E-state index in [-0.39, 0.29) is 11.2 Å². The largest absolute Gasteiger partial charge is 0.508 e. The summed E-state index contributed by atoms with van der Waals surface area (Å²) in [5.41, 5.74) is 10.0. The van der Waals surface area contributed by atoms with Crippen molar-refractivity contribution in [1.29, 1.82) is 0 Å².